The summed E-state index contributed by atoms with van der Waals surface area (Å²) in [5.74, 6) is 0.530. The summed E-state index contributed by atoms with van der Waals surface area (Å²) in [6.45, 7) is 0.671. The molecule has 30 heavy (non-hydrogen) atoms. The van der Waals surface area contributed by atoms with Gasteiger partial charge in [-0.15, -0.1) is 0 Å². The fraction of sp³-hybridized carbons (Fsp3) is 0.318. The van der Waals surface area contributed by atoms with Crippen molar-refractivity contribution in [2.75, 3.05) is 27.4 Å². The van der Waals surface area contributed by atoms with Gasteiger partial charge in [0, 0.05) is 18.5 Å². The second-order valence-corrected chi connectivity index (χ2v) is 7.00. The molecule has 0 atom stereocenters. The predicted molar refractivity (Wildman–Crippen MR) is 107 cm³/mol. The van der Waals surface area contributed by atoms with Gasteiger partial charge in [0.2, 0.25) is 0 Å². The van der Waals surface area contributed by atoms with Crippen molar-refractivity contribution in [2.45, 2.75) is 19.4 Å². The average Bonchev–Trinajstić information content (AvgIpc) is 3.18. The molecule has 0 fully saturated rings. The number of hydrogen-bond donors (Lipinski definition) is 0. The van der Waals surface area contributed by atoms with Crippen LogP contribution in [0.3, 0.4) is 0 Å². The van der Waals surface area contributed by atoms with E-state index in [1.165, 1.54) is 0 Å². The van der Waals surface area contributed by atoms with Gasteiger partial charge in [-0.2, -0.15) is 0 Å². The van der Waals surface area contributed by atoms with Crippen molar-refractivity contribution in [1.29, 1.82) is 0 Å². The maximum atomic E-state index is 12.6. The van der Waals surface area contributed by atoms with E-state index in [1.807, 2.05) is 30.3 Å². The second-order valence-electron chi connectivity index (χ2n) is 7.00. The molecule has 3 aromatic rings. The molecule has 0 N–H and O–H groups in total. The normalized spacial score (nSPS) is 13.1. The van der Waals surface area contributed by atoms with Crippen molar-refractivity contribution in [2.24, 2.45) is 0 Å². The van der Waals surface area contributed by atoms with Gasteiger partial charge in [-0.25, -0.2) is 0 Å². The lowest BCUT2D eigenvalue weighted by molar-refractivity contribution is -0.151. The molecule has 2 heterocycles. The Morgan fingerprint density at radius 3 is 2.60 bits per heavy atom. The van der Waals surface area contributed by atoms with Gasteiger partial charge in [0.05, 0.1) is 20.6 Å². The van der Waals surface area contributed by atoms with Crippen molar-refractivity contribution in [3.8, 4) is 11.5 Å². The number of nitrogens with zero attached hydrogens (tertiary/aromatic N) is 2. The largest absolute Gasteiger partial charge is 0.493 e. The Labute approximate surface area is 173 Å². The van der Waals surface area contributed by atoms with E-state index < -0.39 is 5.97 Å². The standard InChI is InChI=1S/C22H22N2O6/c1-27-19-9-14-7-8-24(12-15(14)10-20(19)28-2)21(25)13-29-22(26)11-17-16-5-3-4-6-18(16)30-23-17/h3-6,9-10H,7-8,11-13H2,1-2H3. The molecule has 1 aliphatic rings. The molecule has 1 amide bonds. The lowest BCUT2D eigenvalue weighted by Crippen LogP contribution is -2.38. The first-order chi connectivity index (χ1) is 14.6. The van der Waals surface area contributed by atoms with E-state index in [-0.39, 0.29) is 18.9 Å². The van der Waals surface area contributed by atoms with Crippen LogP contribution in [0, 0.1) is 0 Å². The molecule has 0 radical (unpaired) electrons. The van der Waals surface area contributed by atoms with Crippen LogP contribution in [0.5, 0.6) is 11.5 Å². The van der Waals surface area contributed by atoms with Crippen molar-refractivity contribution < 1.29 is 28.3 Å². The number of methoxy groups -OCH3 is 2. The molecule has 2 aromatic carbocycles. The first-order valence-corrected chi connectivity index (χ1v) is 9.59. The Balaban J connectivity index is 1.35. The lowest BCUT2D eigenvalue weighted by atomic mass is 9.99. The average molecular weight is 410 g/mol. The zero-order valence-electron chi connectivity index (χ0n) is 16.8. The Kier molecular flexibility index (Phi) is 5.56. The van der Waals surface area contributed by atoms with Crippen LogP contribution in [0.2, 0.25) is 0 Å². The van der Waals surface area contributed by atoms with E-state index >= 15 is 0 Å². The molecule has 0 unspecified atom stereocenters. The minimum Gasteiger partial charge on any atom is -0.493 e. The highest BCUT2D eigenvalue weighted by molar-refractivity contribution is 5.85. The number of benzene rings is 2. The molecule has 0 aliphatic carbocycles. The SMILES string of the molecule is COc1cc2c(cc1OC)CN(C(=O)COC(=O)Cc1noc3ccccc13)CC2. The molecular weight excluding hydrogens is 388 g/mol. The van der Waals surface area contributed by atoms with Gasteiger partial charge in [0.15, 0.2) is 23.7 Å². The molecule has 1 aromatic heterocycles. The van der Waals surface area contributed by atoms with Gasteiger partial charge >= 0.3 is 5.97 Å². The molecule has 8 heteroatoms. The zero-order chi connectivity index (χ0) is 21.1. The highest BCUT2D eigenvalue weighted by Gasteiger charge is 2.24. The highest BCUT2D eigenvalue weighted by atomic mass is 16.5. The van der Waals surface area contributed by atoms with E-state index in [0.29, 0.717) is 42.3 Å². The third-order valence-electron chi connectivity index (χ3n) is 5.19. The van der Waals surface area contributed by atoms with E-state index in [1.54, 1.807) is 25.2 Å². The van der Waals surface area contributed by atoms with Gasteiger partial charge in [0.25, 0.3) is 5.91 Å². The summed E-state index contributed by atoms with van der Waals surface area (Å²) in [6, 6.07) is 11.1. The smallest absolute Gasteiger partial charge is 0.312 e. The number of fused-ring (bicyclic) bond motifs is 2. The quantitative estimate of drug-likeness (QED) is 0.577. The van der Waals surface area contributed by atoms with Crippen molar-refractivity contribution in [1.82, 2.24) is 10.1 Å². The fourth-order valence-electron chi connectivity index (χ4n) is 3.58. The number of aromatic nitrogens is 1. The molecule has 0 saturated carbocycles. The third kappa shape index (κ3) is 3.94. The highest BCUT2D eigenvalue weighted by Crippen LogP contribution is 2.33. The van der Waals surface area contributed by atoms with Crippen LogP contribution in [0.4, 0.5) is 0 Å². The monoisotopic (exact) mass is 410 g/mol. The molecular formula is C22H22N2O6. The van der Waals surface area contributed by atoms with Gasteiger partial charge in [-0.05, 0) is 41.8 Å². The predicted octanol–water partition coefficient (Wildman–Crippen LogP) is 2.52. The molecule has 156 valence electrons. The minimum atomic E-state index is -0.522. The van der Waals surface area contributed by atoms with Crippen molar-refractivity contribution >= 4 is 22.8 Å². The van der Waals surface area contributed by atoms with Crippen molar-refractivity contribution in [3.63, 3.8) is 0 Å². The summed E-state index contributed by atoms with van der Waals surface area (Å²) in [5.41, 5.74) is 3.21. The van der Waals surface area contributed by atoms with Crippen LogP contribution in [-0.2, 0) is 33.7 Å². The van der Waals surface area contributed by atoms with E-state index in [4.69, 9.17) is 18.7 Å². The summed E-state index contributed by atoms with van der Waals surface area (Å²) < 4.78 is 21.1. The maximum Gasteiger partial charge on any atom is 0.312 e. The molecule has 0 spiro atoms. The molecule has 1 aliphatic heterocycles. The number of carbonyl (C=O) groups excluding carboxylic acids is 2. The van der Waals surface area contributed by atoms with Crippen LogP contribution >= 0.6 is 0 Å². The zero-order valence-corrected chi connectivity index (χ0v) is 16.8. The molecule has 0 saturated heterocycles. The topological polar surface area (TPSA) is 91.1 Å². The fourth-order valence-corrected chi connectivity index (χ4v) is 3.58. The molecule has 0 bridgehead atoms. The van der Waals surface area contributed by atoms with Crippen LogP contribution in [0.25, 0.3) is 11.0 Å². The van der Waals surface area contributed by atoms with Gasteiger partial charge < -0.3 is 23.6 Å². The summed E-state index contributed by atoms with van der Waals surface area (Å²) in [7, 11) is 3.17. The van der Waals surface area contributed by atoms with Gasteiger partial charge in [-0.3, -0.25) is 9.59 Å². The van der Waals surface area contributed by atoms with E-state index in [2.05, 4.69) is 5.16 Å². The Bertz CT molecular complexity index is 1090. The van der Waals surface area contributed by atoms with Gasteiger partial charge in [0.1, 0.15) is 5.69 Å². The maximum absolute atomic E-state index is 12.6. The Hall–Kier alpha value is -3.55. The van der Waals surface area contributed by atoms with E-state index in [0.717, 1.165) is 16.5 Å². The minimum absolute atomic E-state index is 0.0515. The lowest BCUT2D eigenvalue weighted by Gasteiger charge is -2.29. The number of para-hydroxylation sites is 1. The molecule has 8 nitrogen and oxygen atoms in total. The summed E-state index contributed by atoms with van der Waals surface area (Å²) in [5, 5.41) is 4.68. The van der Waals surface area contributed by atoms with Crippen LogP contribution < -0.4 is 9.47 Å². The van der Waals surface area contributed by atoms with Crippen LogP contribution in [0.15, 0.2) is 40.9 Å². The van der Waals surface area contributed by atoms with Gasteiger partial charge in [-0.1, -0.05) is 17.3 Å². The molecule has 4 rings (SSSR count). The summed E-state index contributed by atoms with van der Waals surface area (Å²) >= 11 is 0. The first kappa shape index (κ1) is 19.8. The second kappa shape index (κ2) is 8.44. The van der Waals surface area contributed by atoms with Crippen molar-refractivity contribution in [3.05, 3.63) is 53.2 Å². The number of rotatable bonds is 6. The number of amides is 1. The van der Waals surface area contributed by atoms with E-state index in [9.17, 15) is 9.59 Å². The first-order valence-electron chi connectivity index (χ1n) is 9.59. The third-order valence-corrected chi connectivity index (χ3v) is 5.19. The number of hydrogen-bond acceptors (Lipinski definition) is 7. The van der Waals surface area contributed by atoms with Crippen LogP contribution in [-0.4, -0.2) is 49.3 Å². The Morgan fingerprint density at radius 2 is 1.83 bits per heavy atom. The Morgan fingerprint density at radius 1 is 1.10 bits per heavy atom. The number of esters is 1. The number of ether oxygens (including phenoxy) is 3. The van der Waals surface area contributed by atoms with Crippen LogP contribution in [0.1, 0.15) is 16.8 Å². The summed E-state index contributed by atoms with van der Waals surface area (Å²) in [6.07, 6.45) is 0.643. The summed E-state index contributed by atoms with van der Waals surface area (Å²) in [4.78, 5) is 26.4. The number of carbonyl (C=O) groups is 2.